The molecule has 4 rings (SSSR count). The fourth-order valence-electron chi connectivity index (χ4n) is 3.28. The maximum absolute atomic E-state index is 13.5. The molecule has 174 valence electrons. The summed E-state index contributed by atoms with van der Waals surface area (Å²) in [6.45, 7) is 0. The van der Waals surface area contributed by atoms with Crippen molar-refractivity contribution < 1.29 is 18.0 Å². The van der Waals surface area contributed by atoms with Crippen LogP contribution in [0.4, 0.5) is 41.6 Å². The van der Waals surface area contributed by atoms with Crippen molar-refractivity contribution in [3.8, 4) is 6.07 Å². The van der Waals surface area contributed by atoms with Crippen LogP contribution in [0.25, 0.3) is 0 Å². The highest BCUT2D eigenvalue weighted by atomic mass is 19.4. The summed E-state index contributed by atoms with van der Waals surface area (Å²) in [5, 5.41) is 17.6. The Bertz CT molecular complexity index is 1380. The van der Waals surface area contributed by atoms with E-state index in [4.69, 9.17) is 5.26 Å². The fourth-order valence-corrected chi connectivity index (χ4v) is 3.28. The highest BCUT2D eigenvalue weighted by Gasteiger charge is 2.37. The summed E-state index contributed by atoms with van der Waals surface area (Å²) in [4.78, 5) is 20.1. The first-order chi connectivity index (χ1) is 16.8. The number of nitrogens with zero attached hydrogens (tertiary/aromatic N) is 3. The molecule has 0 spiro atoms. The lowest BCUT2D eigenvalue weighted by atomic mass is 10.1. The van der Waals surface area contributed by atoms with Gasteiger partial charge in [-0.3, -0.25) is 9.78 Å². The van der Waals surface area contributed by atoms with Gasteiger partial charge in [-0.05, 0) is 60.7 Å². The highest BCUT2D eigenvalue weighted by molar-refractivity contribution is 6.04. The van der Waals surface area contributed by atoms with Gasteiger partial charge in [0.25, 0.3) is 5.91 Å². The topological polar surface area (TPSA) is 103 Å². The molecule has 0 aliphatic heterocycles. The van der Waals surface area contributed by atoms with Gasteiger partial charge in [-0.15, -0.1) is 0 Å². The Labute approximate surface area is 198 Å². The third kappa shape index (κ3) is 5.72. The molecule has 0 fully saturated rings. The molecule has 0 unspecified atom stereocenters. The van der Waals surface area contributed by atoms with Gasteiger partial charge in [0.1, 0.15) is 11.6 Å². The van der Waals surface area contributed by atoms with Crippen LogP contribution in [0.3, 0.4) is 0 Å². The Morgan fingerprint density at radius 3 is 2.20 bits per heavy atom. The maximum atomic E-state index is 13.5. The minimum Gasteiger partial charge on any atom is -0.355 e. The molecule has 10 heteroatoms. The number of aromatic nitrogens is 2. The standard InChI is InChI=1S/C25H17F3N6O/c26-25(27,28)23-21(10-13-31-22(23)15-29)33-19-2-1-3-20(14-19)34-24(35)16-4-6-17(7-5-16)32-18-8-11-30-12-9-18/h1-14H,(H,30,32)(H,31,33)(H,34,35). The Kier molecular flexibility index (Phi) is 6.59. The summed E-state index contributed by atoms with van der Waals surface area (Å²) in [6, 6.07) is 19.3. The molecule has 0 aliphatic rings. The van der Waals surface area contributed by atoms with E-state index in [1.807, 2.05) is 12.1 Å². The number of nitrogens with one attached hydrogen (secondary N) is 3. The molecule has 7 nitrogen and oxygen atoms in total. The van der Waals surface area contributed by atoms with E-state index in [9.17, 15) is 18.0 Å². The second kappa shape index (κ2) is 9.93. The molecule has 4 aromatic rings. The molecule has 0 aliphatic carbocycles. The lowest BCUT2D eigenvalue weighted by Gasteiger charge is -2.16. The van der Waals surface area contributed by atoms with Crippen LogP contribution in [0.15, 0.2) is 85.3 Å². The van der Waals surface area contributed by atoms with E-state index in [-0.39, 0.29) is 11.6 Å². The number of carbonyl (C=O) groups excluding carboxylic acids is 1. The van der Waals surface area contributed by atoms with E-state index in [0.29, 0.717) is 16.9 Å². The predicted octanol–water partition coefficient (Wildman–Crippen LogP) is 6.11. The third-order valence-electron chi connectivity index (χ3n) is 4.86. The van der Waals surface area contributed by atoms with E-state index < -0.39 is 17.4 Å². The van der Waals surface area contributed by atoms with Crippen molar-refractivity contribution in [2.45, 2.75) is 6.18 Å². The Hall–Kier alpha value is -4.91. The van der Waals surface area contributed by atoms with Crippen molar-refractivity contribution in [2.24, 2.45) is 0 Å². The molecule has 0 radical (unpaired) electrons. The monoisotopic (exact) mass is 474 g/mol. The number of rotatable bonds is 6. The number of amides is 1. The minimum atomic E-state index is -4.77. The predicted molar refractivity (Wildman–Crippen MR) is 126 cm³/mol. The number of hydrogen-bond donors (Lipinski definition) is 3. The number of nitriles is 1. The lowest BCUT2D eigenvalue weighted by molar-refractivity contribution is -0.137. The number of anilines is 5. The van der Waals surface area contributed by atoms with Crippen LogP contribution in [-0.2, 0) is 6.18 Å². The van der Waals surface area contributed by atoms with E-state index in [1.54, 1.807) is 54.9 Å². The van der Waals surface area contributed by atoms with Crippen molar-refractivity contribution >= 4 is 34.3 Å². The van der Waals surface area contributed by atoms with E-state index in [0.717, 1.165) is 23.6 Å². The van der Waals surface area contributed by atoms with Crippen LogP contribution in [0.5, 0.6) is 0 Å². The summed E-state index contributed by atoms with van der Waals surface area (Å²) in [5.74, 6) is -0.385. The summed E-state index contributed by atoms with van der Waals surface area (Å²) >= 11 is 0. The smallest absolute Gasteiger partial charge is 0.355 e. The zero-order chi connectivity index (χ0) is 24.8. The first-order valence-electron chi connectivity index (χ1n) is 10.3. The third-order valence-corrected chi connectivity index (χ3v) is 4.86. The Balaban J connectivity index is 1.48. The van der Waals surface area contributed by atoms with Crippen molar-refractivity contribution in [3.63, 3.8) is 0 Å². The zero-order valence-corrected chi connectivity index (χ0v) is 18.0. The minimum absolute atomic E-state index is 0.292. The van der Waals surface area contributed by atoms with Crippen LogP contribution in [-0.4, -0.2) is 15.9 Å². The molecule has 2 aromatic heterocycles. The lowest BCUT2D eigenvalue weighted by Crippen LogP contribution is -2.13. The SMILES string of the molecule is N#Cc1nccc(Nc2cccc(NC(=O)c3ccc(Nc4ccncc4)cc3)c2)c1C(F)(F)F. The number of carbonyl (C=O) groups is 1. The largest absolute Gasteiger partial charge is 0.421 e. The molecule has 35 heavy (non-hydrogen) atoms. The van der Waals surface area contributed by atoms with Gasteiger partial charge in [0.15, 0.2) is 5.69 Å². The maximum Gasteiger partial charge on any atom is 0.421 e. The summed E-state index contributed by atoms with van der Waals surface area (Å²) < 4.78 is 40.5. The molecule has 2 aromatic carbocycles. The van der Waals surface area contributed by atoms with E-state index in [1.165, 1.54) is 12.1 Å². The van der Waals surface area contributed by atoms with E-state index >= 15 is 0 Å². The molecule has 0 saturated carbocycles. The molecular weight excluding hydrogens is 457 g/mol. The summed E-state index contributed by atoms with van der Waals surface area (Å²) in [6.07, 6.45) is -0.330. The van der Waals surface area contributed by atoms with Gasteiger partial charge in [0.2, 0.25) is 0 Å². The van der Waals surface area contributed by atoms with Crippen LogP contribution in [0, 0.1) is 11.3 Å². The number of halogens is 3. The Morgan fingerprint density at radius 2 is 1.51 bits per heavy atom. The molecule has 1 amide bonds. The molecule has 0 bridgehead atoms. The van der Waals surface area contributed by atoms with Crippen LogP contribution in [0.2, 0.25) is 0 Å². The zero-order valence-electron chi connectivity index (χ0n) is 18.0. The highest BCUT2D eigenvalue weighted by Crippen LogP contribution is 2.37. The number of hydrogen-bond acceptors (Lipinski definition) is 6. The molecule has 3 N–H and O–H groups in total. The summed E-state index contributed by atoms with van der Waals surface area (Å²) in [5.41, 5.74) is 0.508. The van der Waals surface area contributed by atoms with Crippen LogP contribution < -0.4 is 16.0 Å². The van der Waals surface area contributed by atoms with Gasteiger partial charge in [0.05, 0.1) is 5.69 Å². The first kappa shape index (κ1) is 23.3. The fraction of sp³-hybridized carbons (Fsp3) is 0.0400. The second-order valence-corrected chi connectivity index (χ2v) is 7.29. The van der Waals surface area contributed by atoms with Gasteiger partial charge in [-0.25, -0.2) is 4.98 Å². The quantitative estimate of drug-likeness (QED) is 0.312. The normalized spacial score (nSPS) is 10.8. The van der Waals surface area contributed by atoms with Gasteiger partial charge < -0.3 is 16.0 Å². The van der Waals surface area contributed by atoms with Crippen LogP contribution >= 0.6 is 0 Å². The molecule has 0 saturated heterocycles. The summed E-state index contributed by atoms with van der Waals surface area (Å²) in [7, 11) is 0. The van der Waals surface area contributed by atoms with Crippen molar-refractivity contribution in [3.05, 3.63) is 102 Å². The average molecular weight is 474 g/mol. The van der Waals surface area contributed by atoms with Gasteiger partial charge in [0, 0.05) is 46.9 Å². The van der Waals surface area contributed by atoms with Crippen molar-refractivity contribution in [2.75, 3.05) is 16.0 Å². The van der Waals surface area contributed by atoms with Gasteiger partial charge >= 0.3 is 6.18 Å². The molecule has 0 atom stereocenters. The van der Waals surface area contributed by atoms with Crippen LogP contribution in [0.1, 0.15) is 21.6 Å². The van der Waals surface area contributed by atoms with Crippen molar-refractivity contribution in [1.29, 1.82) is 5.26 Å². The van der Waals surface area contributed by atoms with E-state index in [2.05, 4.69) is 25.9 Å². The number of benzene rings is 2. The van der Waals surface area contributed by atoms with Gasteiger partial charge in [-0.1, -0.05) is 6.07 Å². The number of alkyl halides is 3. The molecule has 2 heterocycles. The van der Waals surface area contributed by atoms with Gasteiger partial charge in [-0.2, -0.15) is 18.4 Å². The Morgan fingerprint density at radius 1 is 0.829 bits per heavy atom. The second-order valence-electron chi connectivity index (χ2n) is 7.29. The molecular formula is C25H17F3N6O. The average Bonchev–Trinajstić information content (AvgIpc) is 2.84. The number of pyridine rings is 2. The first-order valence-corrected chi connectivity index (χ1v) is 10.3. The van der Waals surface area contributed by atoms with Crippen molar-refractivity contribution in [1.82, 2.24) is 9.97 Å².